The molecule has 3 N–H and O–H groups in total. The van der Waals surface area contributed by atoms with Gasteiger partial charge < -0.3 is 25.0 Å². The summed E-state index contributed by atoms with van der Waals surface area (Å²) < 4.78 is 11.5. The fraction of sp³-hybridized carbons (Fsp3) is 0.581. The number of aliphatic hydroxyl groups is 1. The van der Waals surface area contributed by atoms with Crippen molar-refractivity contribution in [3.63, 3.8) is 0 Å². The summed E-state index contributed by atoms with van der Waals surface area (Å²) in [5.74, 6) is -0.420. The third-order valence-electron chi connectivity index (χ3n) is 9.30. The highest BCUT2D eigenvalue weighted by molar-refractivity contribution is 6.30. The molecule has 1 saturated heterocycles. The van der Waals surface area contributed by atoms with Gasteiger partial charge in [-0.15, -0.1) is 0 Å². The number of fused-ring (bicyclic) bond motifs is 2. The first kappa shape index (κ1) is 28.4. The smallest absolute Gasteiger partial charge is 0.329 e. The topological polar surface area (TPSA) is 91.3 Å². The summed E-state index contributed by atoms with van der Waals surface area (Å²) in [7, 11) is 0. The molecule has 2 aromatic rings. The summed E-state index contributed by atoms with van der Waals surface area (Å²) >= 11 is 6.18. The third kappa shape index (κ3) is 6.28. The molecule has 3 aliphatic rings. The first-order valence-electron chi connectivity index (χ1n) is 14.3. The molecule has 2 atom stereocenters. The zero-order chi connectivity index (χ0) is 27.3. The van der Waals surface area contributed by atoms with Crippen LogP contribution in [0.25, 0.3) is 0 Å². The maximum absolute atomic E-state index is 12.6. The lowest BCUT2D eigenvalue weighted by Gasteiger charge is -2.47. The van der Waals surface area contributed by atoms with Crippen LogP contribution in [0.3, 0.4) is 0 Å². The summed E-state index contributed by atoms with van der Waals surface area (Å²) in [4.78, 5) is 15.0. The number of carboxylic acid groups (broad SMARTS) is 1. The molecule has 2 aromatic carbocycles. The monoisotopic (exact) mass is 556 g/mol. The van der Waals surface area contributed by atoms with Gasteiger partial charge in [0.15, 0.2) is 0 Å². The molecule has 0 radical (unpaired) electrons. The van der Waals surface area contributed by atoms with Gasteiger partial charge in [0.05, 0.1) is 26.4 Å². The van der Waals surface area contributed by atoms with Gasteiger partial charge in [-0.1, -0.05) is 41.9 Å². The number of nitrogens with one attached hydrogen (secondary N) is 1. The second-order valence-corrected chi connectivity index (χ2v) is 12.0. The van der Waals surface area contributed by atoms with Crippen molar-refractivity contribution >= 4 is 23.3 Å². The molecule has 0 aromatic heterocycles. The van der Waals surface area contributed by atoms with Crippen molar-refractivity contribution in [3.8, 4) is 0 Å². The first-order valence-corrected chi connectivity index (χ1v) is 14.7. The van der Waals surface area contributed by atoms with Crippen LogP contribution in [0.5, 0.6) is 0 Å². The van der Waals surface area contributed by atoms with Crippen LogP contribution in [-0.4, -0.2) is 79.3 Å². The highest BCUT2D eigenvalue weighted by atomic mass is 35.5. The largest absolute Gasteiger partial charge is 0.480 e. The molecule has 1 spiro atoms. The van der Waals surface area contributed by atoms with Crippen molar-refractivity contribution in [1.82, 2.24) is 4.90 Å². The molecule has 8 heteroatoms. The van der Waals surface area contributed by atoms with Crippen molar-refractivity contribution in [1.29, 1.82) is 0 Å². The number of carboxylic acids is 1. The average Bonchev–Trinajstić information content (AvgIpc) is 3.24. The van der Waals surface area contributed by atoms with E-state index >= 15 is 0 Å². The number of ether oxygens (including phenoxy) is 2. The Morgan fingerprint density at radius 2 is 1.90 bits per heavy atom. The van der Waals surface area contributed by atoms with Gasteiger partial charge in [-0.05, 0) is 79.2 Å². The maximum Gasteiger partial charge on any atom is 0.329 e. The molecule has 212 valence electrons. The van der Waals surface area contributed by atoms with Gasteiger partial charge >= 0.3 is 5.97 Å². The standard InChI is InChI=1S/C31H41ClN2O5/c32-26-5-3-6-27(20-26)33-31(29(36)37)10-8-30(9-11-31)25(19-24-4-1-2-7-28(24)30)18-23(21-35)22-39-17-14-34-12-15-38-16-13-34/h1-7,20,23,25,33,35H,8-19,21-22H2,(H,36,37). The fourth-order valence-corrected chi connectivity index (χ4v) is 7.27. The normalized spacial score (nSPS) is 27.8. The molecule has 5 rings (SSSR count). The second-order valence-electron chi connectivity index (χ2n) is 11.6. The van der Waals surface area contributed by atoms with Crippen LogP contribution in [-0.2, 0) is 26.1 Å². The van der Waals surface area contributed by atoms with Gasteiger partial charge in [0.25, 0.3) is 0 Å². The molecule has 0 bridgehead atoms. The van der Waals surface area contributed by atoms with Crippen molar-refractivity contribution in [3.05, 3.63) is 64.7 Å². The Labute approximate surface area is 236 Å². The Morgan fingerprint density at radius 3 is 2.62 bits per heavy atom. The Balaban J connectivity index is 1.27. The van der Waals surface area contributed by atoms with Gasteiger partial charge in [-0.3, -0.25) is 4.90 Å². The van der Waals surface area contributed by atoms with Gasteiger partial charge in [0, 0.05) is 42.9 Å². The molecule has 1 saturated carbocycles. The minimum atomic E-state index is -1.03. The van der Waals surface area contributed by atoms with E-state index in [1.54, 1.807) is 12.1 Å². The number of nitrogens with zero attached hydrogens (tertiary/aromatic N) is 1. The van der Waals surface area contributed by atoms with Crippen LogP contribution < -0.4 is 5.32 Å². The molecule has 0 amide bonds. The van der Waals surface area contributed by atoms with Gasteiger partial charge in [0.2, 0.25) is 0 Å². The highest BCUT2D eigenvalue weighted by Gasteiger charge is 2.54. The van der Waals surface area contributed by atoms with Crippen LogP contribution in [0.1, 0.15) is 43.2 Å². The Kier molecular flexibility index (Phi) is 9.14. The zero-order valence-electron chi connectivity index (χ0n) is 22.6. The van der Waals surface area contributed by atoms with E-state index < -0.39 is 11.5 Å². The summed E-state index contributed by atoms with van der Waals surface area (Å²) in [5.41, 5.74) is 2.34. The van der Waals surface area contributed by atoms with Gasteiger partial charge in [0.1, 0.15) is 5.54 Å². The number of benzene rings is 2. The highest BCUT2D eigenvalue weighted by Crippen LogP contribution is 2.56. The number of aliphatic carboxylic acids is 1. The van der Waals surface area contributed by atoms with Crippen LogP contribution in [0, 0.1) is 11.8 Å². The van der Waals surface area contributed by atoms with Crippen LogP contribution >= 0.6 is 11.6 Å². The summed E-state index contributed by atoms with van der Waals surface area (Å²) in [6.07, 6.45) is 4.45. The number of hydrogen-bond donors (Lipinski definition) is 3. The lowest BCUT2D eigenvalue weighted by molar-refractivity contribution is -0.144. The predicted octanol–water partition coefficient (Wildman–Crippen LogP) is 4.61. The molecule has 2 aliphatic carbocycles. The van der Waals surface area contributed by atoms with Crippen molar-refractivity contribution in [2.75, 3.05) is 58.0 Å². The SMILES string of the molecule is O=C(O)C1(Nc2cccc(Cl)c2)CCC2(CC1)c1ccccc1CC2CC(CO)COCCN1CCOCC1. The molecule has 1 heterocycles. The van der Waals surface area contributed by atoms with E-state index in [2.05, 4.69) is 34.5 Å². The summed E-state index contributed by atoms with van der Waals surface area (Å²) in [5, 5.41) is 24.6. The van der Waals surface area contributed by atoms with Gasteiger partial charge in [-0.25, -0.2) is 4.79 Å². The molecule has 7 nitrogen and oxygen atoms in total. The van der Waals surface area contributed by atoms with Gasteiger partial charge in [-0.2, -0.15) is 0 Å². The molecule has 2 fully saturated rings. The zero-order valence-corrected chi connectivity index (χ0v) is 23.4. The van der Waals surface area contributed by atoms with E-state index in [-0.39, 0.29) is 17.9 Å². The number of morpholine rings is 1. The summed E-state index contributed by atoms with van der Waals surface area (Å²) in [6.45, 7) is 5.62. The molecule has 2 unspecified atom stereocenters. The van der Waals surface area contributed by atoms with Crippen molar-refractivity contribution in [2.24, 2.45) is 11.8 Å². The molecule has 39 heavy (non-hydrogen) atoms. The number of rotatable bonds is 11. The molecular weight excluding hydrogens is 516 g/mol. The lowest BCUT2D eigenvalue weighted by atomic mass is 9.59. The first-order chi connectivity index (χ1) is 18.9. The van der Waals surface area contributed by atoms with Crippen LogP contribution in [0.4, 0.5) is 5.69 Å². The Morgan fingerprint density at radius 1 is 1.13 bits per heavy atom. The molecule has 1 aliphatic heterocycles. The van der Waals surface area contributed by atoms with Crippen molar-refractivity contribution < 1.29 is 24.5 Å². The lowest BCUT2D eigenvalue weighted by Crippen LogP contribution is -2.53. The van der Waals surface area contributed by atoms with E-state index in [0.29, 0.717) is 37.0 Å². The van der Waals surface area contributed by atoms with E-state index in [1.807, 2.05) is 12.1 Å². The Bertz CT molecular complexity index is 1110. The van der Waals surface area contributed by atoms with Crippen LogP contribution in [0.15, 0.2) is 48.5 Å². The molecular formula is C31H41ClN2O5. The minimum Gasteiger partial charge on any atom is -0.480 e. The number of aliphatic hydroxyl groups excluding tert-OH is 1. The van der Waals surface area contributed by atoms with E-state index in [9.17, 15) is 15.0 Å². The number of hydrogen-bond acceptors (Lipinski definition) is 6. The van der Waals surface area contributed by atoms with Crippen molar-refractivity contribution in [2.45, 2.75) is 49.5 Å². The third-order valence-corrected chi connectivity index (χ3v) is 9.54. The second kappa shape index (κ2) is 12.6. The maximum atomic E-state index is 12.6. The van der Waals surface area contributed by atoms with E-state index in [1.165, 1.54) is 11.1 Å². The Hall–Kier alpha value is -2.16. The van der Waals surface area contributed by atoms with E-state index in [4.69, 9.17) is 21.1 Å². The quantitative estimate of drug-likeness (QED) is 0.348. The summed E-state index contributed by atoms with van der Waals surface area (Å²) in [6, 6.07) is 15.9. The number of anilines is 1. The van der Waals surface area contributed by atoms with E-state index in [0.717, 1.165) is 64.2 Å². The average molecular weight is 557 g/mol. The fourth-order valence-electron chi connectivity index (χ4n) is 7.08. The number of carbonyl (C=O) groups is 1. The van der Waals surface area contributed by atoms with Crippen LogP contribution in [0.2, 0.25) is 5.02 Å². The number of halogens is 1. The minimum absolute atomic E-state index is 0.0571. The predicted molar refractivity (Wildman–Crippen MR) is 152 cm³/mol.